The summed E-state index contributed by atoms with van der Waals surface area (Å²) in [5, 5.41) is 12.5. The standard InChI is InChI=1S/C12H11BrN2O/c13-12-6-2-4-10(15-12)8-14-9-3-1-5-11(16)7-9/h1-7,14,16H,8H2. The molecule has 82 valence electrons. The van der Waals surface area contributed by atoms with Gasteiger partial charge in [0.05, 0.1) is 12.2 Å². The predicted molar refractivity (Wildman–Crippen MR) is 67.4 cm³/mol. The monoisotopic (exact) mass is 278 g/mol. The van der Waals surface area contributed by atoms with Crippen LogP contribution >= 0.6 is 15.9 Å². The molecule has 3 nitrogen and oxygen atoms in total. The minimum Gasteiger partial charge on any atom is -0.508 e. The zero-order valence-corrected chi connectivity index (χ0v) is 10.1. The Hall–Kier alpha value is -1.55. The van der Waals surface area contributed by atoms with E-state index in [0.717, 1.165) is 16.0 Å². The van der Waals surface area contributed by atoms with E-state index in [-0.39, 0.29) is 5.75 Å². The van der Waals surface area contributed by atoms with Crippen molar-refractivity contribution in [2.75, 3.05) is 5.32 Å². The number of hydrogen-bond acceptors (Lipinski definition) is 3. The molecule has 0 saturated heterocycles. The lowest BCUT2D eigenvalue weighted by atomic mass is 10.3. The number of benzene rings is 1. The van der Waals surface area contributed by atoms with Crippen molar-refractivity contribution in [2.45, 2.75) is 6.54 Å². The molecule has 0 fully saturated rings. The van der Waals surface area contributed by atoms with Crippen molar-refractivity contribution in [3.05, 3.63) is 52.8 Å². The quantitative estimate of drug-likeness (QED) is 0.848. The molecule has 0 saturated carbocycles. The van der Waals surface area contributed by atoms with Crippen LogP contribution in [0.25, 0.3) is 0 Å². The molecule has 2 N–H and O–H groups in total. The maximum absolute atomic E-state index is 9.29. The van der Waals surface area contributed by atoms with Crippen molar-refractivity contribution < 1.29 is 5.11 Å². The smallest absolute Gasteiger partial charge is 0.117 e. The van der Waals surface area contributed by atoms with Crippen molar-refractivity contribution in [3.8, 4) is 5.75 Å². The Bertz CT molecular complexity index is 442. The molecule has 2 aromatic rings. The Labute approximate surface area is 102 Å². The van der Waals surface area contributed by atoms with Gasteiger partial charge >= 0.3 is 0 Å². The number of rotatable bonds is 3. The number of nitrogens with one attached hydrogen (secondary N) is 1. The third kappa shape index (κ3) is 2.97. The number of phenolic OH excluding ortho intramolecular Hbond substituents is 1. The van der Waals surface area contributed by atoms with Crippen molar-refractivity contribution in [1.82, 2.24) is 4.98 Å². The summed E-state index contributed by atoms with van der Waals surface area (Å²) >= 11 is 3.32. The molecular formula is C12H11BrN2O. The normalized spacial score (nSPS) is 10.1. The van der Waals surface area contributed by atoms with E-state index in [2.05, 4.69) is 26.2 Å². The first-order chi connectivity index (χ1) is 7.74. The van der Waals surface area contributed by atoms with Crippen LogP contribution in [0.4, 0.5) is 5.69 Å². The summed E-state index contributed by atoms with van der Waals surface area (Å²) in [7, 11) is 0. The van der Waals surface area contributed by atoms with Gasteiger partial charge in [-0.1, -0.05) is 12.1 Å². The van der Waals surface area contributed by atoms with Gasteiger partial charge < -0.3 is 10.4 Å². The largest absolute Gasteiger partial charge is 0.508 e. The average Bonchev–Trinajstić information content (AvgIpc) is 2.27. The Morgan fingerprint density at radius 2 is 2.00 bits per heavy atom. The zero-order valence-electron chi connectivity index (χ0n) is 8.52. The number of pyridine rings is 1. The molecule has 4 heteroatoms. The predicted octanol–water partition coefficient (Wildman–Crippen LogP) is 3.16. The lowest BCUT2D eigenvalue weighted by Crippen LogP contribution is -2.01. The number of aromatic hydroxyl groups is 1. The van der Waals surface area contributed by atoms with Crippen LogP contribution in [0.3, 0.4) is 0 Å². The summed E-state index contributed by atoms with van der Waals surface area (Å²) in [4.78, 5) is 4.30. The Kier molecular flexibility index (Phi) is 3.41. The summed E-state index contributed by atoms with van der Waals surface area (Å²) in [5.74, 6) is 0.257. The summed E-state index contributed by atoms with van der Waals surface area (Å²) in [6.07, 6.45) is 0. The van der Waals surface area contributed by atoms with Crippen molar-refractivity contribution >= 4 is 21.6 Å². The van der Waals surface area contributed by atoms with Gasteiger partial charge in [-0.25, -0.2) is 4.98 Å². The molecule has 0 spiro atoms. The lowest BCUT2D eigenvalue weighted by molar-refractivity contribution is 0.475. The fraction of sp³-hybridized carbons (Fsp3) is 0.0833. The van der Waals surface area contributed by atoms with Gasteiger partial charge in [0.2, 0.25) is 0 Å². The number of phenols is 1. The van der Waals surface area contributed by atoms with E-state index in [0.29, 0.717) is 6.54 Å². The minimum absolute atomic E-state index is 0.257. The number of halogens is 1. The van der Waals surface area contributed by atoms with E-state index in [1.54, 1.807) is 18.2 Å². The van der Waals surface area contributed by atoms with E-state index in [1.807, 2.05) is 24.3 Å². The highest BCUT2D eigenvalue weighted by Crippen LogP contribution is 2.16. The van der Waals surface area contributed by atoms with Gasteiger partial charge in [-0.3, -0.25) is 0 Å². The molecule has 1 heterocycles. The number of aromatic nitrogens is 1. The second-order valence-electron chi connectivity index (χ2n) is 3.36. The molecule has 1 aromatic carbocycles. The summed E-state index contributed by atoms with van der Waals surface area (Å²) in [6.45, 7) is 0.628. The third-order valence-electron chi connectivity index (χ3n) is 2.09. The van der Waals surface area contributed by atoms with Crippen LogP contribution in [0.2, 0.25) is 0 Å². The zero-order chi connectivity index (χ0) is 11.4. The molecule has 0 aliphatic carbocycles. The van der Waals surface area contributed by atoms with E-state index in [4.69, 9.17) is 0 Å². The maximum atomic E-state index is 9.29. The van der Waals surface area contributed by atoms with Gasteiger partial charge in [0.15, 0.2) is 0 Å². The highest BCUT2D eigenvalue weighted by molar-refractivity contribution is 9.10. The number of anilines is 1. The van der Waals surface area contributed by atoms with Crippen LogP contribution in [0.5, 0.6) is 5.75 Å². The Morgan fingerprint density at radius 3 is 2.75 bits per heavy atom. The topological polar surface area (TPSA) is 45.1 Å². The van der Waals surface area contributed by atoms with E-state index in [1.165, 1.54) is 0 Å². The first kappa shape index (κ1) is 11.0. The first-order valence-electron chi connectivity index (χ1n) is 4.88. The molecule has 1 aromatic heterocycles. The molecule has 0 bridgehead atoms. The van der Waals surface area contributed by atoms with Crippen LogP contribution in [-0.2, 0) is 6.54 Å². The van der Waals surface area contributed by atoms with Gasteiger partial charge in [0.1, 0.15) is 10.4 Å². The van der Waals surface area contributed by atoms with Gasteiger partial charge in [0.25, 0.3) is 0 Å². The molecule has 0 unspecified atom stereocenters. The second kappa shape index (κ2) is 4.99. The molecule has 0 amide bonds. The van der Waals surface area contributed by atoms with Crippen LogP contribution in [-0.4, -0.2) is 10.1 Å². The number of nitrogens with zero attached hydrogens (tertiary/aromatic N) is 1. The highest BCUT2D eigenvalue weighted by atomic mass is 79.9. The van der Waals surface area contributed by atoms with Gasteiger partial charge in [0, 0.05) is 11.8 Å². The summed E-state index contributed by atoms with van der Waals surface area (Å²) in [5.41, 5.74) is 1.82. The fourth-order valence-electron chi connectivity index (χ4n) is 1.36. The fourth-order valence-corrected chi connectivity index (χ4v) is 1.74. The van der Waals surface area contributed by atoms with E-state index in [9.17, 15) is 5.11 Å². The Morgan fingerprint density at radius 1 is 1.19 bits per heavy atom. The van der Waals surface area contributed by atoms with Crippen molar-refractivity contribution in [3.63, 3.8) is 0 Å². The molecule has 0 aliphatic rings. The molecule has 2 rings (SSSR count). The molecule has 0 aliphatic heterocycles. The molecule has 16 heavy (non-hydrogen) atoms. The molecule has 0 atom stereocenters. The van der Waals surface area contributed by atoms with Gasteiger partial charge in [-0.2, -0.15) is 0 Å². The average molecular weight is 279 g/mol. The van der Waals surface area contributed by atoms with Crippen molar-refractivity contribution in [1.29, 1.82) is 0 Å². The number of hydrogen-bond donors (Lipinski definition) is 2. The molecule has 0 radical (unpaired) electrons. The molecular weight excluding hydrogens is 268 g/mol. The van der Waals surface area contributed by atoms with Crippen LogP contribution in [0.1, 0.15) is 5.69 Å². The summed E-state index contributed by atoms with van der Waals surface area (Å²) in [6, 6.07) is 12.8. The van der Waals surface area contributed by atoms with Crippen LogP contribution in [0.15, 0.2) is 47.1 Å². The van der Waals surface area contributed by atoms with E-state index < -0.39 is 0 Å². The highest BCUT2D eigenvalue weighted by Gasteiger charge is 1.97. The maximum Gasteiger partial charge on any atom is 0.117 e. The summed E-state index contributed by atoms with van der Waals surface area (Å²) < 4.78 is 0.822. The lowest BCUT2D eigenvalue weighted by Gasteiger charge is -2.06. The minimum atomic E-state index is 0.257. The van der Waals surface area contributed by atoms with Gasteiger partial charge in [-0.15, -0.1) is 0 Å². The Balaban J connectivity index is 2.02. The van der Waals surface area contributed by atoms with Crippen LogP contribution < -0.4 is 5.32 Å². The SMILES string of the molecule is Oc1cccc(NCc2cccc(Br)n2)c1. The third-order valence-corrected chi connectivity index (χ3v) is 2.53. The van der Waals surface area contributed by atoms with E-state index >= 15 is 0 Å². The first-order valence-corrected chi connectivity index (χ1v) is 5.68. The second-order valence-corrected chi connectivity index (χ2v) is 4.17. The van der Waals surface area contributed by atoms with Crippen LogP contribution in [0, 0.1) is 0 Å². The van der Waals surface area contributed by atoms with Gasteiger partial charge in [-0.05, 0) is 40.2 Å². The van der Waals surface area contributed by atoms with Crippen molar-refractivity contribution in [2.24, 2.45) is 0 Å².